The average molecular weight is 281 g/mol. The van der Waals surface area contributed by atoms with Gasteiger partial charge >= 0.3 is 0 Å². The normalized spacial score (nSPS) is 20.3. The van der Waals surface area contributed by atoms with Gasteiger partial charge in [-0.05, 0) is 12.8 Å². The van der Waals surface area contributed by atoms with Gasteiger partial charge in [-0.1, -0.05) is 0 Å². The maximum atomic E-state index is 6.43. The maximum Gasteiger partial charge on any atom is 0.131 e. The smallest absolute Gasteiger partial charge is 0.131 e. The second-order valence-corrected chi connectivity index (χ2v) is 4.95. The fraction of sp³-hybridized carbons (Fsp3) is 0.600. The molecule has 1 aromatic carbocycles. The van der Waals surface area contributed by atoms with Crippen LogP contribution in [-0.2, 0) is 4.74 Å². The second kappa shape index (κ2) is 6.81. The van der Waals surface area contributed by atoms with Crippen molar-refractivity contribution in [2.75, 3.05) is 34.5 Å². The molecule has 1 aliphatic heterocycles. The van der Waals surface area contributed by atoms with Crippen molar-refractivity contribution in [2.45, 2.75) is 18.9 Å². The molecule has 2 unspecified atom stereocenters. The molecule has 0 aliphatic carbocycles. The molecule has 0 amide bonds. The van der Waals surface area contributed by atoms with E-state index >= 15 is 0 Å². The van der Waals surface area contributed by atoms with Crippen LogP contribution in [0.2, 0.25) is 0 Å². The van der Waals surface area contributed by atoms with E-state index in [0.29, 0.717) is 23.9 Å². The first-order chi connectivity index (χ1) is 9.71. The van der Waals surface area contributed by atoms with E-state index in [4.69, 9.17) is 24.7 Å². The Labute approximate surface area is 120 Å². The van der Waals surface area contributed by atoms with Crippen LogP contribution in [0.1, 0.15) is 24.4 Å². The standard InChI is InChI=1S/C15H23NO4/c1-17-11-7-12(18-2)14(13(8-11)19-3)15(16)10-5-4-6-20-9-10/h7-8,10,15H,4-6,9,16H2,1-3H3. The Morgan fingerprint density at radius 2 is 1.80 bits per heavy atom. The van der Waals surface area contributed by atoms with E-state index in [1.165, 1.54) is 0 Å². The molecule has 112 valence electrons. The van der Waals surface area contributed by atoms with Crippen molar-refractivity contribution >= 4 is 0 Å². The summed E-state index contributed by atoms with van der Waals surface area (Å²) in [5.74, 6) is 2.35. The number of methoxy groups -OCH3 is 3. The van der Waals surface area contributed by atoms with Gasteiger partial charge in [0.1, 0.15) is 17.2 Å². The Balaban J connectivity index is 2.36. The molecule has 1 heterocycles. The van der Waals surface area contributed by atoms with Crippen molar-refractivity contribution in [2.24, 2.45) is 11.7 Å². The highest BCUT2D eigenvalue weighted by atomic mass is 16.5. The van der Waals surface area contributed by atoms with Crippen LogP contribution in [0.5, 0.6) is 17.2 Å². The number of benzene rings is 1. The minimum absolute atomic E-state index is 0.175. The summed E-state index contributed by atoms with van der Waals surface area (Å²) in [5.41, 5.74) is 7.31. The zero-order chi connectivity index (χ0) is 14.5. The number of hydrogen-bond acceptors (Lipinski definition) is 5. The average Bonchev–Trinajstić information content (AvgIpc) is 2.53. The number of hydrogen-bond donors (Lipinski definition) is 1. The lowest BCUT2D eigenvalue weighted by Crippen LogP contribution is -2.29. The molecule has 5 nitrogen and oxygen atoms in total. The first-order valence-corrected chi connectivity index (χ1v) is 6.84. The molecule has 0 bridgehead atoms. The molecular formula is C15H23NO4. The maximum absolute atomic E-state index is 6.43. The van der Waals surface area contributed by atoms with E-state index in [9.17, 15) is 0 Å². The lowest BCUT2D eigenvalue weighted by Gasteiger charge is -2.29. The number of nitrogens with two attached hydrogens (primary N) is 1. The first-order valence-electron chi connectivity index (χ1n) is 6.84. The quantitative estimate of drug-likeness (QED) is 0.896. The van der Waals surface area contributed by atoms with E-state index in [1.807, 2.05) is 12.1 Å². The highest BCUT2D eigenvalue weighted by molar-refractivity contribution is 5.52. The van der Waals surface area contributed by atoms with Gasteiger partial charge in [0.2, 0.25) is 0 Å². The minimum atomic E-state index is -0.175. The topological polar surface area (TPSA) is 62.9 Å². The van der Waals surface area contributed by atoms with Gasteiger partial charge < -0.3 is 24.7 Å². The van der Waals surface area contributed by atoms with Crippen molar-refractivity contribution in [3.8, 4) is 17.2 Å². The predicted octanol–water partition coefficient (Wildman–Crippen LogP) is 2.14. The van der Waals surface area contributed by atoms with E-state index in [-0.39, 0.29) is 12.0 Å². The van der Waals surface area contributed by atoms with Crippen molar-refractivity contribution in [1.82, 2.24) is 0 Å². The Morgan fingerprint density at radius 3 is 2.25 bits per heavy atom. The third kappa shape index (κ3) is 2.99. The first kappa shape index (κ1) is 14.9. The van der Waals surface area contributed by atoms with Crippen LogP contribution >= 0.6 is 0 Å². The molecular weight excluding hydrogens is 258 g/mol. The van der Waals surface area contributed by atoms with Gasteiger partial charge in [-0.15, -0.1) is 0 Å². The Hall–Kier alpha value is -1.46. The van der Waals surface area contributed by atoms with Crippen LogP contribution in [0.15, 0.2) is 12.1 Å². The lowest BCUT2D eigenvalue weighted by atomic mass is 9.88. The molecule has 0 radical (unpaired) electrons. The van der Waals surface area contributed by atoms with E-state index in [2.05, 4.69) is 0 Å². The van der Waals surface area contributed by atoms with Crippen molar-refractivity contribution in [1.29, 1.82) is 0 Å². The van der Waals surface area contributed by atoms with Gasteiger partial charge in [0.05, 0.1) is 33.5 Å². The molecule has 0 spiro atoms. The Bertz CT molecular complexity index is 418. The number of ether oxygens (including phenoxy) is 4. The van der Waals surface area contributed by atoms with Gasteiger partial charge in [0, 0.05) is 30.7 Å². The third-order valence-electron chi connectivity index (χ3n) is 3.79. The fourth-order valence-electron chi connectivity index (χ4n) is 2.65. The molecule has 0 saturated carbocycles. The minimum Gasteiger partial charge on any atom is -0.496 e. The van der Waals surface area contributed by atoms with Crippen LogP contribution < -0.4 is 19.9 Å². The molecule has 5 heteroatoms. The summed E-state index contributed by atoms with van der Waals surface area (Å²) in [6, 6.07) is 3.49. The summed E-state index contributed by atoms with van der Waals surface area (Å²) < 4.78 is 21.7. The van der Waals surface area contributed by atoms with Crippen LogP contribution in [0.25, 0.3) is 0 Å². The van der Waals surface area contributed by atoms with E-state index < -0.39 is 0 Å². The van der Waals surface area contributed by atoms with Crippen LogP contribution in [0.4, 0.5) is 0 Å². The monoisotopic (exact) mass is 281 g/mol. The summed E-state index contributed by atoms with van der Waals surface area (Å²) in [7, 11) is 4.87. The molecule has 1 aromatic rings. The molecule has 20 heavy (non-hydrogen) atoms. The zero-order valence-corrected chi connectivity index (χ0v) is 12.3. The molecule has 1 fully saturated rings. The molecule has 2 atom stereocenters. The summed E-state index contributed by atoms with van der Waals surface area (Å²) in [4.78, 5) is 0. The van der Waals surface area contributed by atoms with Crippen molar-refractivity contribution < 1.29 is 18.9 Å². The van der Waals surface area contributed by atoms with Crippen LogP contribution in [0, 0.1) is 5.92 Å². The summed E-state index contributed by atoms with van der Waals surface area (Å²) in [6.45, 7) is 1.50. The van der Waals surface area contributed by atoms with Gasteiger partial charge in [-0.25, -0.2) is 0 Å². The zero-order valence-electron chi connectivity index (χ0n) is 12.3. The summed E-state index contributed by atoms with van der Waals surface area (Å²) in [5, 5.41) is 0. The van der Waals surface area contributed by atoms with Gasteiger partial charge in [-0.3, -0.25) is 0 Å². The van der Waals surface area contributed by atoms with Crippen molar-refractivity contribution in [3.63, 3.8) is 0 Å². The summed E-state index contributed by atoms with van der Waals surface area (Å²) in [6.07, 6.45) is 2.10. The van der Waals surface area contributed by atoms with Gasteiger partial charge in [-0.2, -0.15) is 0 Å². The highest BCUT2D eigenvalue weighted by Gasteiger charge is 2.28. The van der Waals surface area contributed by atoms with Crippen LogP contribution in [0.3, 0.4) is 0 Å². The largest absolute Gasteiger partial charge is 0.496 e. The number of rotatable bonds is 5. The third-order valence-corrected chi connectivity index (χ3v) is 3.79. The van der Waals surface area contributed by atoms with Gasteiger partial charge in [0.15, 0.2) is 0 Å². The summed E-state index contributed by atoms with van der Waals surface area (Å²) >= 11 is 0. The second-order valence-electron chi connectivity index (χ2n) is 4.95. The molecule has 1 aliphatic rings. The Morgan fingerprint density at radius 1 is 1.15 bits per heavy atom. The Kier molecular flexibility index (Phi) is 5.09. The molecule has 0 aromatic heterocycles. The molecule has 2 N–H and O–H groups in total. The molecule has 2 rings (SSSR count). The fourth-order valence-corrected chi connectivity index (χ4v) is 2.65. The van der Waals surface area contributed by atoms with Crippen molar-refractivity contribution in [3.05, 3.63) is 17.7 Å². The van der Waals surface area contributed by atoms with E-state index in [0.717, 1.165) is 25.0 Å². The lowest BCUT2D eigenvalue weighted by molar-refractivity contribution is 0.0441. The molecule has 1 saturated heterocycles. The van der Waals surface area contributed by atoms with Gasteiger partial charge in [0.25, 0.3) is 0 Å². The SMILES string of the molecule is COc1cc(OC)c(C(N)C2CCCOC2)c(OC)c1. The predicted molar refractivity (Wildman–Crippen MR) is 76.6 cm³/mol. The van der Waals surface area contributed by atoms with Crippen LogP contribution in [-0.4, -0.2) is 34.5 Å². The highest BCUT2D eigenvalue weighted by Crippen LogP contribution is 2.41. The van der Waals surface area contributed by atoms with E-state index in [1.54, 1.807) is 21.3 Å².